The van der Waals surface area contributed by atoms with Crippen molar-refractivity contribution in [2.24, 2.45) is 7.05 Å². The molecule has 0 bridgehead atoms. The van der Waals surface area contributed by atoms with E-state index in [1.807, 2.05) is 36.9 Å². The summed E-state index contributed by atoms with van der Waals surface area (Å²) in [5, 5.41) is 8.03. The van der Waals surface area contributed by atoms with Crippen LogP contribution in [-0.4, -0.2) is 24.0 Å². The van der Waals surface area contributed by atoms with Crippen LogP contribution in [0.4, 0.5) is 0 Å². The quantitative estimate of drug-likeness (QED) is 0.891. The molecule has 0 amide bonds. The lowest BCUT2D eigenvalue weighted by atomic mass is 10.1. The SMILES string of the molecule is COc1ccc(OC)c(CN[C@@H](C)c2c(C)nn(C)c2C)c1. The van der Waals surface area contributed by atoms with Crippen LogP contribution in [0.15, 0.2) is 18.2 Å². The van der Waals surface area contributed by atoms with Crippen molar-refractivity contribution in [1.82, 2.24) is 15.1 Å². The Hall–Kier alpha value is -2.01. The molecule has 0 radical (unpaired) electrons. The number of methoxy groups -OCH3 is 2. The summed E-state index contributed by atoms with van der Waals surface area (Å²) in [5.41, 5.74) is 4.59. The first-order chi connectivity index (χ1) is 10.5. The van der Waals surface area contributed by atoms with E-state index >= 15 is 0 Å². The highest BCUT2D eigenvalue weighted by atomic mass is 16.5. The van der Waals surface area contributed by atoms with Crippen molar-refractivity contribution in [3.05, 3.63) is 40.7 Å². The van der Waals surface area contributed by atoms with Crippen LogP contribution in [0.3, 0.4) is 0 Å². The van der Waals surface area contributed by atoms with Gasteiger partial charge in [0, 0.05) is 36.5 Å². The van der Waals surface area contributed by atoms with Crippen molar-refractivity contribution in [2.75, 3.05) is 14.2 Å². The number of rotatable bonds is 6. The van der Waals surface area contributed by atoms with Crippen LogP contribution >= 0.6 is 0 Å². The summed E-state index contributed by atoms with van der Waals surface area (Å²) in [7, 11) is 5.33. The molecule has 0 saturated carbocycles. The molecule has 22 heavy (non-hydrogen) atoms. The van der Waals surface area contributed by atoms with Crippen LogP contribution in [0.5, 0.6) is 11.5 Å². The second-order valence-corrected chi connectivity index (χ2v) is 5.49. The Morgan fingerprint density at radius 2 is 1.95 bits per heavy atom. The van der Waals surface area contributed by atoms with E-state index in [4.69, 9.17) is 9.47 Å². The minimum atomic E-state index is 0.213. The third kappa shape index (κ3) is 3.25. The Morgan fingerprint density at radius 1 is 1.23 bits per heavy atom. The fraction of sp³-hybridized carbons (Fsp3) is 0.471. The second-order valence-electron chi connectivity index (χ2n) is 5.49. The maximum absolute atomic E-state index is 5.42. The lowest BCUT2D eigenvalue weighted by molar-refractivity contribution is 0.395. The minimum absolute atomic E-state index is 0.213. The largest absolute Gasteiger partial charge is 0.497 e. The molecule has 1 atom stereocenters. The summed E-state index contributed by atoms with van der Waals surface area (Å²) >= 11 is 0. The highest BCUT2D eigenvalue weighted by molar-refractivity contribution is 5.40. The molecular formula is C17H25N3O2. The third-order valence-electron chi connectivity index (χ3n) is 4.08. The van der Waals surface area contributed by atoms with Gasteiger partial charge in [0.2, 0.25) is 0 Å². The molecule has 0 aliphatic rings. The Bertz CT molecular complexity index is 650. The van der Waals surface area contributed by atoms with Gasteiger partial charge in [-0.25, -0.2) is 0 Å². The highest BCUT2D eigenvalue weighted by Crippen LogP contribution is 2.26. The Labute approximate surface area is 132 Å². The zero-order valence-electron chi connectivity index (χ0n) is 14.2. The summed E-state index contributed by atoms with van der Waals surface area (Å²) in [4.78, 5) is 0. The van der Waals surface area contributed by atoms with E-state index in [2.05, 4.69) is 24.3 Å². The molecule has 0 fully saturated rings. The van der Waals surface area contributed by atoms with E-state index in [1.165, 1.54) is 11.3 Å². The smallest absolute Gasteiger partial charge is 0.123 e. The monoisotopic (exact) mass is 303 g/mol. The van der Waals surface area contributed by atoms with E-state index in [-0.39, 0.29) is 6.04 Å². The highest BCUT2D eigenvalue weighted by Gasteiger charge is 2.16. The average molecular weight is 303 g/mol. The van der Waals surface area contributed by atoms with Crippen LogP contribution in [0.2, 0.25) is 0 Å². The summed E-state index contributed by atoms with van der Waals surface area (Å²) in [6.45, 7) is 7.01. The van der Waals surface area contributed by atoms with Gasteiger partial charge in [-0.3, -0.25) is 4.68 Å². The molecule has 0 aliphatic carbocycles. The van der Waals surface area contributed by atoms with E-state index < -0.39 is 0 Å². The summed E-state index contributed by atoms with van der Waals surface area (Å²) in [5.74, 6) is 1.69. The number of hydrogen-bond acceptors (Lipinski definition) is 4. The molecule has 2 aromatic rings. The predicted octanol–water partition coefficient (Wildman–Crippen LogP) is 2.90. The zero-order valence-corrected chi connectivity index (χ0v) is 14.2. The standard InChI is InChI=1S/C17H25N3O2/c1-11(17-12(2)19-20(4)13(17)3)18-10-14-9-15(21-5)7-8-16(14)22-6/h7-9,11,18H,10H2,1-6H3/t11-/m0/s1. The molecule has 1 N–H and O–H groups in total. The van der Waals surface area contributed by atoms with Gasteiger partial charge in [-0.2, -0.15) is 5.10 Å². The minimum Gasteiger partial charge on any atom is -0.497 e. The molecule has 1 heterocycles. The van der Waals surface area contributed by atoms with Crippen molar-refractivity contribution in [1.29, 1.82) is 0 Å². The van der Waals surface area contributed by atoms with Crippen molar-refractivity contribution in [3.63, 3.8) is 0 Å². The molecule has 0 aliphatic heterocycles. The molecule has 1 aromatic heterocycles. The lowest BCUT2D eigenvalue weighted by Crippen LogP contribution is -2.19. The number of nitrogens with one attached hydrogen (secondary N) is 1. The molecule has 2 rings (SSSR count). The molecule has 1 aromatic carbocycles. The second kappa shape index (κ2) is 6.83. The maximum atomic E-state index is 5.42. The lowest BCUT2D eigenvalue weighted by Gasteiger charge is -2.17. The summed E-state index contributed by atoms with van der Waals surface area (Å²) < 4.78 is 12.6. The van der Waals surface area contributed by atoms with E-state index in [0.717, 1.165) is 22.8 Å². The Balaban J connectivity index is 2.15. The third-order valence-corrected chi connectivity index (χ3v) is 4.08. The van der Waals surface area contributed by atoms with Crippen LogP contribution in [-0.2, 0) is 13.6 Å². The van der Waals surface area contributed by atoms with Crippen molar-refractivity contribution in [2.45, 2.75) is 33.4 Å². The Kier molecular flexibility index (Phi) is 5.08. The summed E-state index contributed by atoms with van der Waals surface area (Å²) in [6, 6.07) is 6.05. The van der Waals surface area contributed by atoms with Gasteiger partial charge < -0.3 is 14.8 Å². The molecule has 5 nitrogen and oxygen atoms in total. The number of benzene rings is 1. The van der Waals surface area contributed by atoms with E-state index in [9.17, 15) is 0 Å². The molecule has 5 heteroatoms. The maximum Gasteiger partial charge on any atom is 0.123 e. The van der Waals surface area contributed by atoms with E-state index in [1.54, 1.807) is 14.2 Å². The van der Waals surface area contributed by atoms with Crippen LogP contribution in [0.25, 0.3) is 0 Å². The number of aryl methyl sites for hydroxylation is 2. The fourth-order valence-corrected chi connectivity index (χ4v) is 2.80. The van der Waals surface area contributed by atoms with Crippen molar-refractivity contribution in [3.8, 4) is 11.5 Å². The first-order valence-electron chi connectivity index (χ1n) is 7.42. The van der Waals surface area contributed by atoms with Crippen molar-refractivity contribution >= 4 is 0 Å². The number of hydrogen-bond donors (Lipinski definition) is 1. The average Bonchev–Trinajstić information content (AvgIpc) is 2.77. The van der Waals surface area contributed by atoms with E-state index in [0.29, 0.717) is 6.54 Å². The topological polar surface area (TPSA) is 48.3 Å². The van der Waals surface area contributed by atoms with Gasteiger partial charge in [0.25, 0.3) is 0 Å². The van der Waals surface area contributed by atoms with Gasteiger partial charge in [0.05, 0.1) is 19.9 Å². The first kappa shape index (κ1) is 16.4. The summed E-state index contributed by atoms with van der Waals surface area (Å²) in [6.07, 6.45) is 0. The van der Waals surface area contributed by atoms with Gasteiger partial charge in [0.15, 0.2) is 0 Å². The van der Waals surface area contributed by atoms with Gasteiger partial charge in [0.1, 0.15) is 11.5 Å². The number of aromatic nitrogens is 2. The van der Waals surface area contributed by atoms with Crippen LogP contribution < -0.4 is 14.8 Å². The fourth-order valence-electron chi connectivity index (χ4n) is 2.80. The predicted molar refractivity (Wildman–Crippen MR) is 87.5 cm³/mol. The zero-order chi connectivity index (χ0) is 16.3. The number of ether oxygens (including phenoxy) is 2. The molecule has 120 valence electrons. The first-order valence-corrected chi connectivity index (χ1v) is 7.42. The van der Waals surface area contributed by atoms with Gasteiger partial charge in [-0.15, -0.1) is 0 Å². The molecule has 0 spiro atoms. The van der Waals surface area contributed by atoms with Crippen LogP contribution in [0, 0.1) is 13.8 Å². The van der Waals surface area contributed by atoms with Crippen molar-refractivity contribution < 1.29 is 9.47 Å². The Morgan fingerprint density at radius 3 is 2.50 bits per heavy atom. The molecular weight excluding hydrogens is 278 g/mol. The molecule has 0 saturated heterocycles. The van der Waals surface area contributed by atoms with Gasteiger partial charge in [-0.1, -0.05) is 0 Å². The van der Waals surface area contributed by atoms with Crippen LogP contribution in [0.1, 0.15) is 35.5 Å². The van der Waals surface area contributed by atoms with Gasteiger partial charge in [-0.05, 0) is 39.0 Å². The molecule has 0 unspecified atom stereocenters. The number of nitrogens with zero attached hydrogens (tertiary/aromatic N) is 2. The normalized spacial score (nSPS) is 12.3. The van der Waals surface area contributed by atoms with Gasteiger partial charge >= 0.3 is 0 Å².